The molecule has 0 saturated carbocycles. The van der Waals surface area contributed by atoms with Gasteiger partial charge < -0.3 is 15.4 Å². The molecule has 1 aromatic heterocycles. The molecular formula is C11H17ClN4O2. The number of halogens is 1. The van der Waals surface area contributed by atoms with Crippen LogP contribution in [0.25, 0.3) is 0 Å². The van der Waals surface area contributed by atoms with Crippen molar-refractivity contribution in [2.24, 2.45) is 5.92 Å². The van der Waals surface area contributed by atoms with Crippen LogP contribution in [0.15, 0.2) is 6.20 Å². The topological polar surface area (TPSA) is 76.1 Å². The fourth-order valence-electron chi connectivity index (χ4n) is 1.36. The van der Waals surface area contributed by atoms with E-state index in [1.54, 1.807) is 7.05 Å². The van der Waals surface area contributed by atoms with Crippen LogP contribution in [0.1, 0.15) is 13.8 Å². The van der Waals surface area contributed by atoms with Gasteiger partial charge >= 0.3 is 5.97 Å². The first-order valence-electron chi connectivity index (χ1n) is 5.54. The van der Waals surface area contributed by atoms with E-state index in [4.69, 9.17) is 16.3 Å². The Bertz CT molecular complexity index is 426. The molecule has 18 heavy (non-hydrogen) atoms. The number of carbonyl (C=O) groups excluding carboxylic acids is 1. The van der Waals surface area contributed by atoms with Crippen LogP contribution in [0.2, 0.25) is 5.02 Å². The molecule has 1 atom stereocenters. The molecule has 0 saturated heterocycles. The molecule has 0 fully saturated rings. The van der Waals surface area contributed by atoms with Gasteiger partial charge in [0.2, 0.25) is 5.95 Å². The van der Waals surface area contributed by atoms with Crippen LogP contribution in [0.5, 0.6) is 0 Å². The van der Waals surface area contributed by atoms with Gasteiger partial charge in [0.05, 0.1) is 13.3 Å². The van der Waals surface area contributed by atoms with Gasteiger partial charge in [-0.3, -0.25) is 0 Å². The molecule has 6 nitrogen and oxygen atoms in total. The van der Waals surface area contributed by atoms with Crippen molar-refractivity contribution < 1.29 is 9.53 Å². The molecule has 0 aromatic carbocycles. The molecular weight excluding hydrogens is 256 g/mol. The van der Waals surface area contributed by atoms with Gasteiger partial charge in [-0.1, -0.05) is 25.4 Å². The molecule has 0 radical (unpaired) electrons. The third kappa shape index (κ3) is 3.46. The van der Waals surface area contributed by atoms with Crippen molar-refractivity contribution in [1.29, 1.82) is 0 Å². The Kier molecular flexibility index (Phi) is 5.15. The maximum Gasteiger partial charge on any atom is 0.328 e. The van der Waals surface area contributed by atoms with E-state index in [9.17, 15) is 4.79 Å². The number of methoxy groups -OCH3 is 1. The Morgan fingerprint density at radius 3 is 2.67 bits per heavy atom. The summed E-state index contributed by atoms with van der Waals surface area (Å²) in [7, 11) is 3.05. The van der Waals surface area contributed by atoms with Gasteiger partial charge in [-0.2, -0.15) is 4.98 Å². The van der Waals surface area contributed by atoms with E-state index in [-0.39, 0.29) is 11.9 Å². The summed E-state index contributed by atoms with van der Waals surface area (Å²) in [6.45, 7) is 3.81. The standard InChI is InChI=1S/C11H17ClN4O2/c1-6(2)8(10(17)18-4)15-9-7(12)5-14-11(13-3)16-9/h5-6,8H,1-4H3,(H2,13,14,15,16). The number of hydrogen-bond donors (Lipinski definition) is 2. The summed E-state index contributed by atoms with van der Waals surface area (Å²) in [5.74, 6) is 0.515. The molecule has 1 aromatic rings. The van der Waals surface area contributed by atoms with E-state index < -0.39 is 6.04 Å². The maximum absolute atomic E-state index is 11.6. The minimum atomic E-state index is -0.507. The summed E-state index contributed by atoms with van der Waals surface area (Å²) in [4.78, 5) is 19.8. The van der Waals surface area contributed by atoms with Gasteiger partial charge in [0.15, 0.2) is 5.82 Å². The number of aromatic nitrogens is 2. The molecule has 0 aliphatic carbocycles. The second-order valence-corrected chi connectivity index (χ2v) is 4.44. The van der Waals surface area contributed by atoms with Crippen molar-refractivity contribution in [3.05, 3.63) is 11.2 Å². The summed E-state index contributed by atoms with van der Waals surface area (Å²) < 4.78 is 4.74. The number of hydrogen-bond acceptors (Lipinski definition) is 6. The average Bonchev–Trinajstić information content (AvgIpc) is 2.36. The van der Waals surface area contributed by atoms with Crippen LogP contribution < -0.4 is 10.6 Å². The van der Waals surface area contributed by atoms with Crippen LogP contribution in [-0.2, 0) is 9.53 Å². The molecule has 0 spiro atoms. The largest absolute Gasteiger partial charge is 0.467 e. The zero-order valence-electron chi connectivity index (χ0n) is 10.8. The lowest BCUT2D eigenvalue weighted by Gasteiger charge is -2.20. The van der Waals surface area contributed by atoms with Gasteiger partial charge in [-0.25, -0.2) is 9.78 Å². The third-order valence-corrected chi connectivity index (χ3v) is 2.66. The van der Waals surface area contributed by atoms with Crippen LogP contribution in [-0.4, -0.2) is 36.1 Å². The highest BCUT2D eigenvalue weighted by Gasteiger charge is 2.24. The van der Waals surface area contributed by atoms with E-state index in [0.29, 0.717) is 16.8 Å². The summed E-state index contributed by atoms with van der Waals surface area (Å²) in [6, 6.07) is -0.507. The van der Waals surface area contributed by atoms with Crippen molar-refractivity contribution in [2.75, 3.05) is 24.8 Å². The van der Waals surface area contributed by atoms with Crippen molar-refractivity contribution in [1.82, 2.24) is 9.97 Å². The lowest BCUT2D eigenvalue weighted by molar-refractivity contribution is -0.142. The third-order valence-electron chi connectivity index (χ3n) is 2.38. The predicted octanol–water partition coefficient (Wildman–Crippen LogP) is 1.78. The number of nitrogens with zero attached hydrogens (tertiary/aromatic N) is 2. The SMILES string of the molecule is CNc1ncc(Cl)c(NC(C(=O)OC)C(C)C)n1. The molecule has 7 heteroatoms. The van der Waals surface area contributed by atoms with Crippen LogP contribution in [0, 0.1) is 5.92 Å². The van der Waals surface area contributed by atoms with Gasteiger partial charge in [-0.15, -0.1) is 0 Å². The number of rotatable bonds is 5. The highest BCUT2D eigenvalue weighted by Crippen LogP contribution is 2.21. The second-order valence-electron chi connectivity index (χ2n) is 4.03. The molecule has 0 amide bonds. The minimum Gasteiger partial charge on any atom is -0.467 e. The van der Waals surface area contributed by atoms with Gasteiger partial charge in [0.1, 0.15) is 11.1 Å². The fraction of sp³-hybridized carbons (Fsp3) is 0.545. The Balaban J connectivity index is 2.96. The second kappa shape index (κ2) is 6.39. The maximum atomic E-state index is 11.6. The molecule has 0 aliphatic rings. The minimum absolute atomic E-state index is 0.0431. The Morgan fingerprint density at radius 2 is 2.17 bits per heavy atom. The molecule has 1 heterocycles. The number of anilines is 2. The first kappa shape index (κ1) is 14.5. The Labute approximate surface area is 111 Å². The molecule has 0 bridgehead atoms. The van der Waals surface area contributed by atoms with Crippen molar-refractivity contribution in [2.45, 2.75) is 19.9 Å². The quantitative estimate of drug-likeness (QED) is 0.796. The molecule has 100 valence electrons. The van der Waals surface area contributed by atoms with Gasteiger partial charge in [0.25, 0.3) is 0 Å². The van der Waals surface area contributed by atoms with E-state index in [1.807, 2.05) is 13.8 Å². The van der Waals surface area contributed by atoms with Crippen LogP contribution >= 0.6 is 11.6 Å². The molecule has 1 unspecified atom stereocenters. The molecule has 0 aliphatic heterocycles. The van der Waals surface area contributed by atoms with E-state index in [0.717, 1.165) is 0 Å². The Hall–Kier alpha value is -1.56. The summed E-state index contributed by atoms with van der Waals surface area (Å²) in [6.07, 6.45) is 1.47. The highest BCUT2D eigenvalue weighted by atomic mass is 35.5. The zero-order valence-corrected chi connectivity index (χ0v) is 11.6. The van der Waals surface area contributed by atoms with Gasteiger partial charge in [-0.05, 0) is 5.92 Å². The first-order valence-corrected chi connectivity index (χ1v) is 5.92. The monoisotopic (exact) mass is 272 g/mol. The number of carbonyl (C=O) groups is 1. The van der Waals surface area contributed by atoms with Crippen molar-refractivity contribution >= 4 is 29.3 Å². The number of esters is 1. The van der Waals surface area contributed by atoms with Crippen molar-refractivity contribution in [3.8, 4) is 0 Å². The molecule has 2 N–H and O–H groups in total. The summed E-state index contributed by atoms with van der Waals surface area (Å²) >= 11 is 5.98. The van der Waals surface area contributed by atoms with E-state index in [1.165, 1.54) is 13.3 Å². The average molecular weight is 273 g/mol. The highest BCUT2D eigenvalue weighted by molar-refractivity contribution is 6.32. The Morgan fingerprint density at radius 1 is 1.50 bits per heavy atom. The van der Waals surface area contributed by atoms with Crippen LogP contribution in [0.3, 0.4) is 0 Å². The lowest BCUT2D eigenvalue weighted by Crippen LogP contribution is -2.36. The van der Waals surface area contributed by atoms with E-state index in [2.05, 4.69) is 20.6 Å². The van der Waals surface area contributed by atoms with Crippen LogP contribution in [0.4, 0.5) is 11.8 Å². The van der Waals surface area contributed by atoms with E-state index >= 15 is 0 Å². The normalized spacial score (nSPS) is 12.1. The molecule has 1 rings (SSSR count). The van der Waals surface area contributed by atoms with Crippen molar-refractivity contribution in [3.63, 3.8) is 0 Å². The zero-order chi connectivity index (χ0) is 13.7. The number of ether oxygens (including phenoxy) is 1. The lowest BCUT2D eigenvalue weighted by atomic mass is 10.0. The summed E-state index contributed by atoms with van der Waals surface area (Å²) in [5, 5.41) is 6.13. The summed E-state index contributed by atoms with van der Waals surface area (Å²) in [5.41, 5.74) is 0. The predicted molar refractivity (Wildman–Crippen MR) is 70.9 cm³/mol. The smallest absolute Gasteiger partial charge is 0.328 e. The van der Waals surface area contributed by atoms with Gasteiger partial charge in [0, 0.05) is 7.05 Å². The fourth-order valence-corrected chi connectivity index (χ4v) is 1.51. The number of nitrogens with one attached hydrogen (secondary N) is 2. The first-order chi connectivity index (χ1) is 8.49.